The van der Waals surface area contributed by atoms with Crippen LogP contribution in [0.25, 0.3) is 0 Å². The molecule has 1 fully saturated rings. The number of non-ortho nitro benzene ring substituents is 1. The Hall–Kier alpha value is -2.11. The number of ether oxygens (including phenoxy) is 1. The molecule has 1 aliphatic rings. The summed E-state index contributed by atoms with van der Waals surface area (Å²) in [5.74, 6) is 0.194. The van der Waals surface area contributed by atoms with Crippen LogP contribution in [0.1, 0.15) is 38.7 Å². The van der Waals surface area contributed by atoms with Gasteiger partial charge in [0.1, 0.15) is 6.10 Å². The fraction of sp³-hybridized carbons (Fsp3) is 0.500. The lowest BCUT2D eigenvalue weighted by Crippen LogP contribution is -2.15. The molecule has 2 atom stereocenters. The minimum absolute atomic E-state index is 0. The molecule has 1 amide bonds. The summed E-state index contributed by atoms with van der Waals surface area (Å²) in [6.07, 6.45) is 1.12. The smallest absolute Gasteiger partial charge is 0.407 e. The molecule has 6 heteroatoms. The Balaban J connectivity index is 0.00000200. The maximum atomic E-state index is 10.9. The highest BCUT2D eigenvalue weighted by molar-refractivity contribution is 5.69. The normalized spacial score (nSPS) is 18.6. The van der Waals surface area contributed by atoms with Crippen molar-refractivity contribution in [2.75, 3.05) is 6.54 Å². The van der Waals surface area contributed by atoms with Gasteiger partial charge in [-0.1, -0.05) is 26.5 Å². The number of amides is 1. The molecule has 0 radical (unpaired) electrons. The van der Waals surface area contributed by atoms with Gasteiger partial charge < -0.3 is 10.1 Å². The van der Waals surface area contributed by atoms with E-state index in [0.717, 1.165) is 18.4 Å². The van der Waals surface area contributed by atoms with E-state index >= 15 is 0 Å². The standard InChI is InChI=1S/C13H16N2O4.CH4/c1-9(5-6-12-8-14-13(16)19-12)10-3-2-4-11(7-10)15(17)18;/h2-4,7,9,12H,5-6,8H2,1H3,(H,14,16);1H4/t9-,12+;/m1./s1. The molecular formula is C14H20N2O4. The molecule has 1 N–H and O–H groups in total. The maximum Gasteiger partial charge on any atom is 0.407 e. The first-order valence-electron chi connectivity index (χ1n) is 6.25. The fourth-order valence-electron chi connectivity index (χ4n) is 2.14. The Morgan fingerprint density at radius 3 is 2.90 bits per heavy atom. The largest absolute Gasteiger partial charge is 0.444 e. The second-order valence-corrected chi connectivity index (χ2v) is 4.74. The zero-order valence-electron chi connectivity index (χ0n) is 10.7. The number of cyclic esters (lactones) is 1. The summed E-state index contributed by atoms with van der Waals surface area (Å²) in [6.45, 7) is 2.56. The molecule has 1 aliphatic heterocycles. The van der Waals surface area contributed by atoms with E-state index in [0.29, 0.717) is 6.54 Å². The molecule has 1 aromatic carbocycles. The number of hydrogen-bond acceptors (Lipinski definition) is 4. The Bertz CT molecular complexity index is 490. The van der Waals surface area contributed by atoms with Crippen LogP contribution >= 0.6 is 0 Å². The number of hydrogen-bond donors (Lipinski definition) is 1. The first kappa shape index (κ1) is 15.9. The highest BCUT2D eigenvalue weighted by Gasteiger charge is 2.23. The average molecular weight is 280 g/mol. The Morgan fingerprint density at radius 1 is 1.55 bits per heavy atom. The van der Waals surface area contributed by atoms with Crippen molar-refractivity contribution in [1.82, 2.24) is 5.32 Å². The van der Waals surface area contributed by atoms with E-state index in [1.807, 2.05) is 13.0 Å². The molecule has 1 saturated heterocycles. The number of carbonyl (C=O) groups excluding carboxylic acids is 1. The van der Waals surface area contributed by atoms with E-state index in [1.165, 1.54) is 6.07 Å². The molecule has 0 aromatic heterocycles. The maximum absolute atomic E-state index is 10.9. The van der Waals surface area contributed by atoms with Gasteiger partial charge in [0.15, 0.2) is 0 Å². The molecule has 0 aliphatic carbocycles. The molecule has 0 unspecified atom stereocenters. The average Bonchev–Trinajstić information content (AvgIpc) is 2.82. The lowest BCUT2D eigenvalue weighted by Gasteiger charge is -2.13. The monoisotopic (exact) mass is 280 g/mol. The van der Waals surface area contributed by atoms with Gasteiger partial charge >= 0.3 is 6.09 Å². The van der Waals surface area contributed by atoms with Crippen LogP contribution in [0.3, 0.4) is 0 Å². The highest BCUT2D eigenvalue weighted by Crippen LogP contribution is 2.25. The van der Waals surface area contributed by atoms with Crippen LogP contribution < -0.4 is 5.32 Å². The molecule has 1 aromatic rings. The first-order valence-corrected chi connectivity index (χ1v) is 6.25. The number of nitro groups is 1. The SMILES string of the molecule is C.C[C@H](CC[C@H]1CNC(=O)O1)c1cccc([N+](=O)[O-])c1. The molecule has 0 bridgehead atoms. The van der Waals surface area contributed by atoms with Crippen LogP contribution in [0.2, 0.25) is 0 Å². The van der Waals surface area contributed by atoms with Gasteiger partial charge in [0.2, 0.25) is 0 Å². The van der Waals surface area contributed by atoms with Gasteiger partial charge in [-0.3, -0.25) is 10.1 Å². The molecular weight excluding hydrogens is 260 g/mol. The zero-order chi connectivity index (χ0) is 13.8. The Morgan fingerprint density at radius 2 is 2.30 bits per heavy atom. The lowest BCUT2D eigenvalue weighted by molar-refractivity contribution is -0.384. The minimum atomic E-state index is -0.390. The minimum Gasteiger partial charge on any atom is -0.444 e. The van der Waals surface area contributed by atoms with Crippen molar-refractivity contribution in [3.63, 3.8) is 0 Å². The van der Waals surface area contributed by atoms with Crippen molar-refractivity contribution in [3.05, 3.63) is 39.9 Å². The third-order valence-electron chi connectivity index (χ3n) is 3.32. The van der Waals surface area contributed by atoms with Crippen molar-refractivity contribution in [2.45, 2.75) is 39.2 Å². The molecule has 6 nitrogen and oxygen atoms in total. The van der Waals surface area contributed by atoms with Crippen molar-refractivity contribution < 1.29 is 14.5 Å². The number of carbonyl (C=O) groups is 1. The summed E-state index contributed by atoms with van der Waals surface area (Å²) < 4.78 is 5.05. The molecule has 110 valence electrons. The molecule has 1 heterocycles. The van der Waals surface area contributed by atoms with Gasteiger partial charge in [-0.2, -0.15) is 0 Å². The number of rotatable bonds is 5. The van der Waals surface area contributed by atoms with Crippen molar-refractivity contribution in [1.29, 1.82) is 0 Å². The summed E-state index contributed by atoms with van der Waals surface area (Å²) in [6, 6.07) is 6.67. The van der Waals surface area contributed by atoms with Gasteiger partial charge in [-0.05, 0) is 24.3 Å². The zero-order valence-corrected chi connectivity index (χ0v) is 10.7. The Labute approximate surface area is 118 Å². The fourth-order valence-corrected chi connectivity index (χ4v) is 2.14. The Kier molecular flexibility index (Phi) is 5.49. The van der Waals surface area contributed by atoms with E-state index in [2.05, 4.69) is 5.32 Å². The number of nitrogens with one attached hydrogen (secondary N) is 1. The predicted octanol–water partition coefficient (Wildman–Crippen LogP) is 3.22. The van der Waals surface area contributed by atoms with E-state index < -0.39 is 0 Å². The van der Waals surface area contributed by atoms with Crippen molar-refractivity contribution in [2.24, 2.45) is 0 Å². The third kappa shape index (κ3) is 3.94. The van der Waals surface area contributed by atoms with Crippen LogP contribution in [-0.2, 0) is 4.74 Å². The molecule has 2 rings (SSSR count). The highest BCUT2D eigenvalue weighted by atomic mass is 16.6. The van der Waals surface area contributed by atoms with E-state index in [9.17, 15) is 14.9 Å². The molecule has 0 spiro atoms. The lowest BCUT2D eigenvalue weighted by atomic mass is 9.94. The van der Waals surface area contributed by atoms with Crippen LogP contribution in [0, 0.1) is 10.1 Å². The van der Waals surface area contributed by atoms with Crippen molar-refractivity contribution >= 4 is 11.8 Å². The molecule has 20 heavy (non-hydrogen) atoms. The summed E-state index contributed by atoms with van der Waals surface area (Å²) in [7, 11) is 0. The molecule has 0 saturated carbocycles. The number of nitrogens with zero attached hydrogens (tertiary/aromatic N) is 1. The van der Waals surface area contributed by atoms with Gasteiger partial charge in [-0.15, -0.1) is 0 Å². The van der Waals surface area contributed by atoms with Crippen molar-refractivity contribution in [3.8, 4) is 0 Å². The van der Waals surface area contributed by atoms with Gasteiger partial charge in [0, 0.05) is 12.1 Å². The second-order valence-electron chi connectivity index (χ2n) is 4.74. The predicted molar refractivity (Wildman–Crippen MR) is 75.7 cm³/mol. The number of alkyl carbamates (subject to hydrolysis) is 1. The summed E-state index contributed by atoms with van der Waals surface area (Å²) in [5, 5.41) is 13.3. The summed E-state index contributed by atoms with van der Waals surface area (Å²) in [5.41, 5.74) is 1.05. The van der Waals surface area contributed by atoms with E-state index in [-0.39, 0.29) is 36.2 Å². The summed E-state index contributed by atoms with van der Waals surface area (Å²) in [4.78, 5) is 21.2. The van der Waals surface area contributed by atoms with Gasteiger partial charge in [-0.25, -0.2) is 4.79 Å². The summed E-state index contributed by atoms with van der Waals surface area (Å²) >= 11 is 0. The van der Waals surface area contributed by atoms with Crippen LogP contribution in [-0.4, -0.2) is 23.7 Å². The van der Waals surface area contributed by atoms with Crippen LogP contribution in [0.5, 0.6) is 0 Å². The van der Waals surface area contributed by atoms with Gasteiger partial charge in [0.05, 0.1) is 11.5 Å². The van der Waals surface area contributed by atoms with Crippen LogP contribution in [0.15, 0.2) is 24.3 Å². The number of nitro benzene ring substituents is 1. The quantitative estimate of drug-likeness (QED) is 0.663. The second kappa shape index (κ2) is 6.88. The number of benzene rings is 1. The topological polar surface area (TPSA) is 81.5 Å². The van der Waals surface area contributed by atoms with E-state index in [4.69, 9.17) is 4.74 Å². The van der Waals surface area contributed by atoms with Crippen LogP contribution in [0.4, 0.5) is 10.5 Å². The van der Waals surface area contributed by atoms with E-state index in [1.54, 1.807) is 12.1 Å². The van der Waals surface area contributed by atoms with Gasteiger partial charge in [0.25, 0.3) is 5.69 Å². The third-order valence-corrected chi connectivity index (χ3v) is 3.32. The first-order chi connectivity index (χ1) is 9.06.